The molecule has 2 aromatic carbocycles. The van der Waals surface area contributed by atoms with E-state index in [2.05, 4.69) is 25.1 Å². The Balaban J connectivity index is 1.35. The minimum atomic E-state index is -0.489. The molecular weight excluding hydrogens is 495 g/mol. The molecule has 0 spiro atoms. The number of nitrogens with zero attached hydrogens (tertiary/aromatic N) is 5. The summed E-state index contributed by atoms with van der Waals surface area (Å²) in [5.41, 5.74) is 0.703. The fourth-order valence-electron chi connectivity index (χ4n) is 6.62. The molecule has 2 bridgehead atoms. The summed E-state index contributed by atoms with van der Waals surface area (Å²) in [7, 11) is 2.00. The van der Waals surface area contributed by atoms with Gasteiger partial charge in [0.25, 0.3) is 0 Å². The highest BCUT2D eigenvalue weighted by molar-refractivity contribution is 5.99. The van der Waals surface area contributed by atoms with E-state index in [1.165, 1.54) is 0 Å². The third-order valence-corrected chi connectivity index (χ3v) is 8.91. The van der Waals surface area contributed by atoms with Crippen molar-refractivity contribution in [1.82, 2.24) is 25.2 Å². The van der Waals surface area contributed by atoms with Crippen molar-refractivity contribution in [3.8, 4) is 17.3 Å². The van der Waals surface area contributed by atoms with Gasteiger partial charge < -0.3 is 20.1 Å². The fraction of sp³-hybridized carbons (Fsp3) is 0.433. The molecule has 202 valence electrons. The molecule has 4 aromatic rings. The number of ether oxygens (including phenoxy) is 1. The Morgan fingerprint density at radius 2 is 1.87 bits per heavy atom. The molecule has 39 heavy (non-hydrogen) atoms. The van der Waals surface area contributed by atoms with E-state index < -0.39 is 11.4 Å². The number of hydrogen-bond donors (Lipinski definition) is 2. The van der Waals surface area contributed by atoms with Crippen LogP contribution < -0.4 is 15.0 Å². The Morgan fingerprint density at radius 3 is 2.64 bits per heavy atom. The molecule has 0 amide bonds. The summed E-state index contributed by atoms with van der Waals surface area (Å²) < 4.78 is 22.6. The maximum Gasteiger partial charge on any atom is 0.319 e. The molecule has 3 saturated heterocycles. The van der Waals surface area contributed by atoms with Gasteiger partial charge in [-0.2, -0.15) is 9.97 Å². The maximum absolute atomic E-state index is 16.4. The van der Waals surface area contributed by atoms with Gasteiger partial charge in [0, 0.05) is 36.9 Å². The zero-order valence-corrected chi connectivity index (χ0v) is 22.1. The van der Waals surface area contributed by atoms with Crippen LogP contribution in [0.1, 0.15) is 25.7 Å². The lowest BCUT2D eigenvalue weighted by Crippen LogP contribution is -2.51. The van der Waals surface area contributed by atoms with Crippen LogP contribution in [0.4, 0.5) is 10.2 Å². The molecule has 3 fully saturated rings. The van der Waals surface area contributed by atoms with Gasteiger partial charge in [-0.05, 0) is 50.0 Å². The molecular formula is C30H33FN6O2. The maximum atomic E-state index is 16.4. The number of aliphatic hydroxyl groups is 1. The van der Waals surface area contributed by atoms with E-state index in [0.717, 1.165) is 61.7 Å². The molecule has 2 aromatic heterocycles. The molecule has 3 aliphatic heterocycles. The molecule has 0 saturated carbocycles. The summed E-state index contributed by atoms with van der Waals surface area (Å²) in [5.74, 6) is 0.174. The number of benzene rings is 2. The van der Waals surface area contributed by atoms with Crippen LogP contribution in [0.3, 0.4) is 0 Å². The van der Waals surface area contributed by atoms with E-state index in [1.54, 1.807) is 6.20 Å². The van der Waals surface area contributed by atoms with Crippen molar-refractivity contribution in [3.05, 3.63) is 54.5 Å². The normalized spacial score (nSPS) is 25.2. The number of aromatic nitrogens is 3. The SMILES string of the molecule is CN1CCCC1(CO)COc1nc(N2CC3CCC(C2)N3)c2cnc(-c3cccc4ccccc34)c(F)c2n1. The Hall–Kier alpha value is -3.40. The third-order valence-electron chi connectivity index (χ3n) is 8.91. The van der Waals surface area contributed by atoms with Gasteiger partial charge in [-0.15, -0.1) is 0 Å². The number of likely N-dealkylation sites (N-methyl/N-ethyl adjacent to an activating group) is 1. The van der Waals surface area contributed by atoms with Crippen molar-refractivity contribution in [3.63, 3.8) is 0 Å². The largest absolute Gasteiger partial charge is 0.461 e. The monoisotopic (exact) mass is 528 g/mol. The van der Waals surface area contributed by atoms with Gasteiger partial charge in [-0.1, -0.05) is 42.5 Å². The molecule has 3 aliphatic rings. The van der Waals surface area contributed by atoms with Crippen LogP contribution in [-0.4, -0.2) is 82.5 Å². The molecule has 5 heterocycles. The van der Waals surface area contributed by atoms with Gasteiger partial charge in [-0.3, -0.25) is 9.88 Å². The zero-order valence-electron chi connectivity index (χ0n) is 22.1. The molecule has 9 heteroatoms. The van der Waals surface area contributed by atoms with Crippen LogP contribution >= 0.6 is 0 Å². The first-order valence-corrected chi connectivity index (χ1v) is 13.8. The van der Waals surface area contributed by atoms with Crippen LogP contribution in [0.15, 0.2) is 48.7 Å². The van der Waals surface area contributed by atoms with Crippen molar-refractivity contribution in [2.75, 3.05) is 44.8 Å². The van der Waals surface area contributed by atoms with Crippen LogP contribution in [0, 0.1) is 5.82 Å². The number of likely N-dealkylation sites (tertiary alicyclic amines) is 1. The number of aliphatic hydroxyl groups excluding tert-OH is 1. The van der Waals surface area contributed by atoms with Crippen LogP contribution in [0.25, 0.3) is 32.9 Å². The van der Waals surface area contributed by atoms with Crippen LogP contribution in [0.5, 0.6) is 6.01 Å². The third kappa shape index (κ3) is 4.20. The minimum Gasteiger partial charge on any atom is -0.461 e. The summed E-state index contributed by atoms with van der Waals surface area (Å²) in [5, 5.41) is 16.4. The molecule has 0 radical (unpaired) electrons. The standard InChI is InChI=1S/C30H33FN6O2/c1-36-13-5-12-30(36,17-38)18-39-29-34-27-24(28(35-29)37-15-20-10-11-21(16-37)33-20)14-32-26(25(27)31)23-9-4-7-19-6-2-3-8-22(19)23/h2-4,6-9,14,20-21,33,38H,5,10-13,15-18H2,1H3. The van der Waals surface area contributed by atoms with E-state index in [9.17, 15) is 5.11 Å². The average Bonchev–Trinajstić information content (AvgIpc) is 3.51. The summed E-state index contributed by atoms with van der Waals surface area (Å²) >= 11 is 0. The lowest BCUT2D eigenvalue weighted by atomic mass is 9.99. The minimum absolute atomic E-state index is 0.0192. The second kappa shape index (κ2) is 9.66. The molecule has 7 rings (SSSR count). The van der Waals surface area contributed by atoms with Crippen molar-refractivity contribution >= 4 is 27.5 Å². The highest BCUT2D eigenvalue weighted by Gasteiger charge is 2.40. The number of anilines is 1. The number of rotatable bonds is 6. The lowest BCUT2D eigenvalue weighted by molar-refractivity contribution is 0.0363. The van der Waals surface area contributed by atoms with Crippen molar-refractivity contribution in [2.45, 2.75) is 43.3 Å². The second-order valence-corrected chi connectivity index (χ2v) is 11.3. The first-order valence-electron chi connectivity index (χ1n) is 13.8. The van der Waals surface area contributed by atoms with Crippen LogP contribution in [0.2, 0.25) is 0 Å². The van der Waals surface area contributed by atoms with Crippen molar-refractivity contribution in [1.29, 1.82) is 0 Å². The molecule has 2 N–H and O–H groups in total. The predicted molar refractivity (Wildman–Crippen MR) is 150 cm³/mol. The van der Waals surface area contributed by atoms with Gasteiger partial charge in [-0.25, -0.2) is 4.39 Å². The number of hydrogen-bond acceptors (Lipinski definition) is 8. The smallest absolute Gasteiger partial charge is 0.319 e. The highest BCUT2D eigenvalue weighted by atomic mass is 19.1. The fourth-order valence-corrected chi connectivity index (χ4v) is 6.62. The summed E-state index contributed by atoms with van der Waals surface area (Å²) in [6, 6.07) is 14.7. The van der Waals surface area contributed by atoms with Gasteiger partial charge in [0.15, 0.2) is 5.82 Å². The van der Waals surface area contributed by atoms with Gasteiger partial charge in [0.2, 0.25) is 0 Å². The molecule has 0 aliphatic carbocycles. The summed E-state index contributed by atoms with van der Waals surface area (Å²) in [6.07, 6.45) is 5.76. The Morgan fingerprint density at radius 1 is 1.08 bits per heavy atom. The highest BCUT2D eigenvalue weighted by Crippen LogP contribution is 2.36. The summed E-state index contributed by atoms with van der Waals surface area (Å²) in [4.78, 5) is 18.4. The lowest BCUT2D eigenvalue weighted by Gasteiger charge is -2.35. The molecule has 8 nitrogen and oxygen atoms in total. The number of fused-ring (bicyclic) bond motifs is 4. The second-order valence-electron chi connectivity index (χ2n) is 11.3. The average molecular weight is 529 g/mol. The van der Waals surface area contributed by atoms with Gasteiger partial charge in [0.1, 0.15) is 23.6 Å². The number of halogens is 1. The number of pyridine rings is 1. The summed E-state index contributed by atoms with van der Waals surface area (Å²) in [6.45, 7) is 2.69. The Bertz CT molecular complexity index is 1530. The van der Waals surface area contributed by atoms with Gasteiger partial charge in [0.05, 0.1) is 17.5 Å². The van der Waals surface area contributed by atoms with E-state index in [-0.39, 0.29) is 30.4 Å². The zero-order chi connectivity index (χ0) is 26.6. The Labute approximate surface area is 226 Å². The predicted octanol–water partition coefficient (Wildman–Crippen LogP) is 3.76. The topological polar surface area (TPSA) is 86.6 Å². The van der Waals surface area contributed by atoms with E-state index in [4.69, 9.17) is 9.72 Å². The van der Waals surface area contributed by atoms with Crippen molar-refractivity contribution < 1.29 is 14.2 Å². The number of piperazine rings is 1. The van der Waals surface area contributed by atoms with Crippen LogP contribution in [-0.2, 0) is 0 Å². The van der Waals surface area contributed by atoms with E-state index >= 15 is 4.39 Å². The van der Waals surface area contributed by atoms with Crippen molar-refractivity contribution in [2.24, 2.45) is 0 Å². The Kier molecular flexibility index (Phi) is 6.10. The van der Waals surface area contributed by atoms with Gasteiger partial charge >= 0.3 is 6.01 Å². The first kappa shape index (κ1) is 24.6. The number of nitrogens with one attached hydrogen (secondary N) is 1. The van der Waals surface area contributed by atoms with E-state index in [1.807, 2.05) is 49.5 Å². The first-order chi connectivity index (χ1) is 19.0. The molecule has 3 atom stereocenters. The molecule has 3 unspecified atom stereocenters. The quantitative estimate of drug-likeness (QED) is 0.391. The van der Waals surface area contributed by atoms with E-state index in [0.29, 0.717) is 23.3 Å².